The normalized spacial score (nSPS) is 17.5. The summed E-state index contributed by atoms with van der Waals surface area (Å²) in [5.74, 6) is -1.67. The first-order valence-electron chi connectivity index (χ1n) is 12.8. The van der Waals surface area contributed by atoms with Gasteiger partial charge in [-0.2, -0.15) is 0 Å². The van der Waals surface area contributed by atoms with E-state index in [-0.39, 0.29) is 40.9 Å². The lowest BCUT2D eigenvalue weighted by Crippen LogP contribution is -2.36. The van der Waals surface area contributed by atoms with E-state index in [0.29, 0.717) is 38.9 Å². The van der Waals surface area contributed by atoms with Gasteiger partial charge in [0, 0.05) is 31.9 Å². The van der Waals surface area contributed by atoms with Gasteiger partial charge < -0.3 is 24.3 Å². The number of nitrogens with one attached hydrogen (secondary N) is 1. The molecule has 0 bridgehead atoms. The first-order chi connectivity index (χ1) is 17.8. The maximum atomic E-state index is 16.3. The fraction of sp³-hybridized carbons (Fsp3) is 0.577. The number of anilines is 1. The van der Waals surface area contributed by atoms with Gasteiger partial charge in [-0.15, -0.1) is 0 Å². The summed E-state index contributed by atoms with van der Waals surface area (Å²) < 4.78 is 28.1. The number of carbonyl (C=O) groups excluding carboxylic acids is 2. The zero-order valence-electron chi connectivity index (χ0n) is 22.3. The summed E-state index contributed by atoms with van der Waals surface area (Å²) in [6.45, 7) is 9.38. The maximum absolute atomic E-state index is 16.3. The van der Waals surface area contributed by atoms with Gasteiger partial charge in [0.15, 0.2) is 5.82 Å². The number of nitrogens with zero attached hydrogens (tertiary/aromatic N) is 3. The van der Waals surface area contributed by atoms with Crippen LogP contribution in [0.25, 0.3) is 10.9 Å². The second-order valence-corrected chi connectivity index (χ2v) is 10.8. The van der Waals surface area contributed by atoms with Gasteiger partial charge in [-0.25, -0.2) is 14.0 Å². The summed E-state index contributed by atoms with van der Waals surface area (Å²) in [4.78, 5) is 51.2. The Morgan fingerprint density at radius 2 is 1.95 bits per heavy atom. The SMILES string of the molecule is CCOC(=O)c1cn(C2CC2)c2c(F)c(N3CCC(CNC(=O)OC(C)(C)C)C3)c(C)c([N+](=O)[O-])c2c1=O. The van der Waals surface area contributed by atoms with Gasteiger partial charge in [0.2, 0.25) is 5.43 Å². The number of rotatable bonds is 7. The van der Waals surface area contributed by atoms with Crippen LogP contribution in [0.2, 0.25) is 0 Å². The molecule has 1 N–H and O–H groups in total. The first-order valence-corrected chi connectivity index (χ1v) is 12.8. The third kappa shape index (κ3) is 5.30. The Morgan fingerprint density at radius 3 is 2.53 bits per heavy atom. The Balaban J connectivity index is 1.77. The minimum atomic E-state index is -0.920. The second kappa shape index (κ2) is 10.2. The molecule has 1 aromatic heterocycles. The van der Waals surface area contributed by atoms with E-state index in [4.69, 9.17) is 9.47 Å². The number of alkyl carbamates (subject to hydrolysis) is 1. The second-order valence-electron chi connectivity index (χ2n) is 10.8. The third-order valence-corrected chi connectivity index (χ3v) is 6.75. The van der Waals surface area contributed by atoms with Crippen molar-refractivity contribution in [1.29, 1.82) is 0 Å². The molecule has 2 fully saturated rings. The van der Waals surface area contributed by atoms with E-state index in [1.807, 2.05) is 0 Å². The van der Waals surface area contributed by atoms with E-state index in [9.17, 15) is 24.5 Å². The van der Waals surface area contributed by atoms with E-state index in [1.165, 1.54) is 17.7 Å². The largest absolute Gasteiger partial charge is 0.462 e. The van der Waals surface area contributed by atoms with Gasteiger partial charge >= 0.3 is 12.1 Å². The lowest BCUT2D eigenvalue weighted by Gasteiger charge is -2.24. The number of hydrogen-bond donors (Lipinski definition) is 1. The first kappa shape index (κ1) is 27.3. The Bertz CT molecular complexity index is 1360. The molecule has 206 valence electrons. The fourth-order valence-corrected chi connectivity index (χ4v) is 5.00. The molecule has 1 aromatic carbocycles. The number of pyridine rings is 1. The minimum Gasteiger partial charge on any atom is -0.462 e. The Labute approximate surface area is 219 Å². The third-order valence-electron chi connectivity index (χ3n) is 6.75. The number of benzene rings is 1. The van der Waals surface area contributed by atoms with Crippen LogP contribution in [0.15, 0.2) is 11.0 Å². The summed E-state index contributed by atoms with van der Waals surface area (Å²) >= 11 is 0. The standard InChI is InChI=1S/C26H33FN4O7/c1-6-37-24(33)17-13-30(16-7-8-16)22-18(23(17)32)20(31(35)36)14(2)21(19(22)27)29-10-9-15(12-29)11-28-25(34)38-26(3,4)5/h13,15-16H,6-12H2,1-5H3,(H,28,34). The number of nitro benzene ring substituents is 1. The van der Waals surface area contributed by atoms with Crippen LogP contribution in [0.4, 0.5) is 20.6 Å². The number of hydrogen-bond acceptors (Lipinski definition) is 8. The van der Waals surface area contributed by atoms with Crippen LogP contribution in [-0.4, -0.2) is 53.4 Å². The lowest BCUT2D eigenvalue weighted by atomic mass is 10.0. The van der Waals surface area contributed by atoms with Crippen LogP contribution in [0.3, 0.4) is 0 Å². The number of fused-ring (bicyclic) bond motifs is 1. The number of ether oxygens (including phenoxy) is 2. The molecule has 1 unspecified atom stereocenters. The zero-order chi connectivity index (χ0) is 27.9. The molecule has 11 nitrogen and oxygen atoms in total. The monoisotopic (exact) mass is 532 g/mol. The van der Waals surface area contributed by atoms with Crippen LogP contribution in [0.5, 0.6) is 0 Å². The molecular formula is C26H33FN4O7. The quantitative estimate of drug-likeness (QED) is 0.318. The Kier molecular flexibility index (Phi) is 7.35. The van der Waals surface area contributed by atoms with Gasteiger partial charge in [-0.3, -0.25) is 14.9 Å². The van der Waals surface area contributed by atoms with Crippen LogP contribution in [0, 0.1) is 28.8 Å². The molecule has 4 rings (SSSR count). The minimum absolute atomic E-state index is 0.0150. The fourth-order valence-electron chi connectivity index (χ4n) is 5.00. The van der Waals surface area contributed by atoms with Crippen molar-refractivity contribution >= 4 is 34.3 Å². The van der Waals surface area contributed by atoms with E-state index in [0.717, 1.165) is 0 Å². The highest BCUT2D eigenvalue weighted by molar-refractivity contribution is 6.00. The highest BCUT2D eigenvalue weighted by atomic mass is 19.1. The number of nitro groups is 1. The molecule has 1 atom stereocenters. The van der Waals surface area contributed by atoms with Gasteiger partial charge in [0.05, 0.1) is 28.3 Å². The Hall–Kier alpha value is -3.70. The van der Waals surface area contributed by atoms with Crippen LogP contribution < -0.4 is 15.6 Å². The summed E-state index contributed by atoms with van der Waals surface area (Å²) in [6.07, 6.45) is 2.73. The molecule has 1 saturated carbocycles. The predicted molar refractivity (Wildman–Crippen MR) is 138 cm³/mol. The summed E-state index contributed by atoms with van der Waals surface area (Å²) in [5, 5.41) is 14.6. The highest BCUT2D eigenvalue weighted by Gasteiger charge is 2.37. The molecule has 1 aliphatic heterocycles. The van der Waals surface area contributed by atoms with Crippen molar-refractivity contribution in [2.45, 2.75) is 65.5 Å². The zero-order valence-corrected chi connectivity index (χ0v) is 22.3. The molecule has 2 aromatic rings. The van der Waals surface area contributed by atoms with E-state index in [2.05, 4.69) is 5.32 Å². The predicted octanol–water partition coefficient (Wildman–Crippen LogP) is 4.22. The molecule has 12 heteroatoms. The molecule has 1 saturated heterocycles. The van der Waals surface area contributed by atoms with Crippen molar-refractivity contribution in [2.24, 2.45) is 5.92 Å². The molecule has 38 heavy (non-hydrogen) atoms. The molecule has 0 radical (unpaired) electrons. The Morgan fingerprint density at radius 1 is 1.26 bits per heavy atom. The van der Waals surface area contributed by atoms with Crippen LogP contribution in [0.1, 0.15) is 68.9 Å². The van der Waals surface area contributed by atoms with Crippen molar-refractivity contribution in [3.05, 3.63) is 43.5 Å². The van der Waals surface area contributed by atoms with E-state index in [1.54, 1.807) is 32.6 Å². The van der Waals surface area contributed by atoms with Gasteiger partial charge in [-0.1, -0.05) is 0 Å². The average Bonchev–Trinajstić information content (AvgIpc) is 3.55. The lowest BCUT2D eigenvalue weighted by molar-refractivity contribution is -0.383. The molecule has 0 spiro atoms. The van der Waals surface area contributed by atoms with E-state index >= 15 is 4.39 Å². The van der Waals surface area contributed by atoms with Crippen LogP contribution >= 0.6 is 0 Å². The molecule has 1 aliphatic carbocycles. The van der Waals surface area contributed by atoms with Gasteiger partial charge in [-0.05, 0) is 59.8 Å². The van der Waals surface area contributed by atoms with Crippen molar-refractivity contribution in [3.8, 4) is 0 Å². The number of esters is 1. The number of carbonyl (C=O) groups is 2. The summed E-state index contributed by atoms with van der Waals surface area (Å²) in [6, 6.07) is -0.180. The molecular weight excluding hydrogens is 499 g/mol. The maximum Gasteiger partial charge on any atom is 0.407 e. The van der Waals surface area contributed by atoms with Gasteiger partial charge in [0.25, 0.3) is 5.69 Å². The molecule has 2 heterocycles. The van der Waals surface area contributed by atoms with Crippen LogP contribution in [-0.2, 0) is 9.47 Å². The summed E-state index contributed by atoms with van der Waals surface area (Å²) in [5.41, 5.74) is -2.53. The average molecular weight is 533 g/mol. The highest BCUT2D eigenvalue weighted by Crippen LogP contribution is 2.44. The van der Waals surface area contributed by atoms with E-state index < -0.39 is 44.9 Å². The van der Waals surface area contributed by atoms with Crippen molar-refractivity contribution in [2.75, 3.05) is 31.1 Å². The molecule has 2 aliphatic rings. The number of aromatic nitrogens is 1. The number of amides is 1. The number of halogens is 1. The smallest absolute Gasteiger partial charge is 0.407 e. The topological polar surface area (TPSA) is 133 Å². The van der Waals surface area contributed by atoms with Gasteiger partial charge in [0.1, 0.15) is 16.6 Å². The van der Waals surface area contributed by atoms with Crippen molar-refractivity contribution < 1.29 is 28.4 Å². The van der Waals surface area contributed by atoms with Crippen molar-refractivity contribution in [3.63, 3.8) is 0 Å². The molecule has 1 amide bonds. The van der Waals surface area contributed by atoms with Crippen molar-refractivity contribution in [1.82, 2.24) is 9.88 Å². The summed E-state index contributed by atoms with van der Waals surface area (Å²) in [7, 11) is 0.